The van der Waals surface area contributed by atoms with Crippen LogP contribution in [0.5, 0.6) is 0 Å². The Bertz CT molecular complexity index is 1150. The van der Waals surface area contributed by atoms with E-state index in [0.717, 1.165) is 64.1 Å². The number of nitrogens with zero attached hydrogens (tertiary/aromatic N) is 2. The molecule has 0 unspecified atom stereocenters. The normalized spacial score (nSPS) is 17.1. The number of nitrogens with one attached hydrogen (secondary N) is 2. The minimum atomic E-state index is -0.147. The zero-order valence-electron chi connectivity index (χ0n) is 20.6. The molecule has 5 rings (SSSR count). The van der Waals surface area contributed by atoms with E-state index < -0.39 is 0 Å². The van der Waals surface area contributed by atoms with Gasteiger partial charge in [-0.1, -0.05) is 55.7 Å². The second-order valence-corrected chi connectivity index (χ2v) is 10.7. The van der Waals surface area contributed by atoms with Gasteiger partial charge in [0.25, 0.3) is 11.8 Å². The fourth-order valence-electron chi connectivity index (χ4n) is 5.17. The molecule has 7 heteroatoms. The number of piperazine rings is 1. The quantitative estimate of drug-likeness (QED) is 0.455. The van der Waals surface area contributed by atoms with Crippen LogP contribution in [0.15, 0.2) is 66.0 Å². The van der Waals surface area contributed by atoms with Crippen LogP contribution in [0.3, 0.4) is 0 Å². The molecule has 2 heterocycles. The first-order valence-electron chi connectivity index (χ1n) is 13.0. The van der Waals surface area contributed by atoms with E-state index in [0.29, 0.717) is 16.1 Å². The van der Waals surface area contributed by atoms with Gasteiger partial charge in [-0.15, -0.1) is 11.3 Å². The molecule has 0 spiro atoms. The zero-order chi connectivity index (χ0) is 24.7. The monoisotopic (exact) mass is 502 g/mol. The predicted molar refractivity (Wildman–Crippen MR) is 147 cm³/mol. The summed E-state index contributed by atoms with van der Waals surface area (Å²) < 4.78 is 0. The molecule has 2 fully saturated rings. The molecule has 1 saturated heterocycles. The summed E-state index contributed by atoms with van der Waals surface area (Å²) in [6.45, 7) is 4.54. The molecule has 1 aliphatic carbocycles. The third-order valence-electron chi connectivity index (χ3n) is 7.15. The molecular formula is C29H34N4O2S. The number of anilines is 2. The van der Waals surface area contributed by atoms with Crippen LogP contribution in [-0.4, -0.2) is 48.9 Å². The second-order valence-electron chi connectivity index (χ2n) is 9.72. The number of benzene rings is 2. The number of rotatable bonds is 7. The number of hydrogen-bond donors (Lipinski definition) is 2. The van der Waals surface area contributed by atoms with Crippen LogP contribution in [0.25, 0.3) is 0 Å². The van der Waals surface area contributed by atoms with Gasteiger partial charge in [0, 0.05) is 50.1 Å². The predicted octanol–water partition coefficient (Wildman–Crippen LogP) is 5.39. The Labute approximate surface area is 217 Å². The lowest BCUT2D eigenvalue weighted by Gasteiger charge is -2.37. The van der Waals surface area contributed by atoms with E-state index in [1.165, 1.54) is 23.3 Å². The highest BCUT2D eigenvalue weighted by atomic mass is 32.1. The standard InChI is InChI=1S/C29H34N4O2S/c34-28(30-23-10-5-2-6-11-23)25-20-24(31-29(35)27-12-7-19-36-27)13-14-26(25)33-17-15-32(16-18-33)21-22-8-3-1-4-9-22/h1,3-4,7-9,12-14,19-20,23H,2,5-6,10-11,15-18,21H2,(H,30,34)(H,31,35). The van der Waals surface area contributed by atoms with E-state index in [1.807, 2.05) is 35.7 Å². The van der Waals surface area contributed by atoms with E-state index in [9.17, 15) is 9.59 Å². The average Bonchev–Trinajstić information content (AvgIpc) is 3.46. The van der Waals surface area contributed by atoms with Crippen LogP contribution in [-0.2, 0) is 6.54 Å². The smallest absolute Gasteiger partial charge is 0.265 e. The van der Waals surface area contributed by atoms with E-state index in [4.69, 9.17) is 0 Å². The van der Waals surface area contributed by atoms with Crippen molar-refractivity contribution < 1.29 is 9.59 Å². The third-order valence-corrected chi connectivity index (χ3v) is 8.02. The van der Waals surface area contributed by atoms with Crippen molar-refractivity contribution in [2.24, 2.45) is 0 Å². The molecule has 2 N–H and O–H groups in total. The minimum Gasteiger partial charge on any atom is -0.368 e. The van der Waals surface area contributed by atoms with Gasteiger partial charge in [-0.05, 0) is 48.1 Å². The van der Waals surface area contributed by atoms with E-state index >= 15 is 0 Å². The van der Waals surface area contributed by atoms with Gasteiger partial charge in [0.05, 0.1) is 10.4 Å². The lowest BCUT2D eigenvalue weighted by molar-refractivity contribution is 0.0927. The van der Waals surface area contributed by atoms with Crippen molar-refractivity contribution in [3.63, 3.8) is 0 Å². The molecule has 2 aliphatic rings. The van der Waals surface area contributed by atoms with Crippen molar-refractivity contribution in [2.45, 2.75) is 44.7 Å². The summed E-state index contributed by atoms with van der Waals surface area (Å²) in [5, 5.41) is 8.14. The molecule has 6 nitrogen and oxygen atoms in total. The summed E-state index contributed by atoms with van der Waals surface area (Å²) in [6.07, 6.45) is 5.65. The number of amides is 2. The van der Waals surface area contributed by atoms with Crippen molar-refractivity contribution in [3.05, 3.63) is 82.0 Å². The maximum absolute atomic E-state index is 13.5. The molecule has 1 aromatic heterocycles. The van der Waals surface area contributed by atoms with E-state index in [-0.39, 0.29) is 17.9 Å². The number of carbonyl (C=O) groups excluding carboxylic acids is 2. The Morgan fingerprint density at radius 2 is 1.64 bits per heavy atom. The first kappa shape index (κ1) is 24.5. The highest BCUT2D eigenvalue weighted by molar-refractivity contribution is 7.12. The van der Waals surface area contributed by atoms with E-state index in [1.54, 1.807) is 6.07 Å². The molecule has 1 saturated carbocycles. The molecule has 1 aliphatic heterocycles. The molecule has 3 aromatic rings. The van der Waals surface area contributed by atoms with Crippen LogP contribution in [0, 0.1) is 0 Å². The SMILES string of the molecule is O=C(Nc1ccc(N2CCN(Cc3ccccc3)CC2)c(C(=O)NC2CCCCC2)c1)c1cccs1. The van der Waals surface area contributed by atoms with Gasteiger partial charge in [-0.25, -0.2) is 0 Å². The molecular weight excluding hydrogens is 468 g/mol. The minimum absolute atomic E-state index is 0.0455. The summed E-state index contributed by atoms with van der Waals surface area (Å²) in [6, 6.07) is 20.2. The van der Waals surface area contributed by atoms with Gasteiger partial charge in [0.2, 0.25) is 0 Å². The van der Waals surface area contributed by atoms with E-state index in [2.05, 4.69) is 44.7 Å². The number of carbonyl (C=O) groups is 2. The van der Waals surface area contributed by atoms with Gasteiger partial charge in [-0.3, -0.25) is 14.5 Å². The zero-order valence-corrected chi connectivity index (χ0v) is 21.4. The molecule has 2 amide bonds. The Hall–Kier alpha value is -3.16. The van der Waals surface area contributed by atoms with Crippen molar-refractivity contribution in [2.75, 3.05) is 36.4 Å². The molecule has 0 bridgehead atoms. The lowest BCUT2D eigenvalue weighted by Crippen LogP contribution is -2.46. The van der Waals surface area contributed by atoms with Crippen molar-refractivity contribution in [1.82, 2.24) is 10.2 Å². The Balaban J connectivity index is 1.31. The maximum atomic E-state index is 13.5. The molecule has 0 radical (unpaired) electrons. The van der Waals surface area contributed by atoms with Crippen LogP contribution in [0.4, 0.5) is 11.4 Å². The van der Waals surface area contributed by atoms with Crippen LogP contribution in [0.2, 0.25) is 0 Å². The van der Waals surface area contributed by atoms with Gasteiger partial charge >= 0.3 is 0 Å². The first-order valence-corrected chi connectivity index (χ1v) is 13.8. The van der Waals surface area contributed by atoms with Gasteiger partial charge in [0.15, 0.2) is 0 Å². The van der Waals surface area contributed by atoms with Crippen LogP contribution >= 0.6 is 11.3 Å². The number of thiophene rings is 1. The fourth-order valence-corrected chi connectivity index (χ4v) is 5.79. The maximum Gasteiger partial charge on any atom is 0.265 e. The van der Waals surface area contributed by atoms with Gasteiger partial charge in [0.1, 0.15) is 0 Å². The Morgan fingerprint density at radius 3 is 2.36 bits per heavy atom. The highest BCUT2D eigenvalue weighted by Crippen LogP contribution is 2.28. The van der Waals surface area contributed by atoms with Gasteiger partial charge in [-0.2, -0.15) is 0 Å². The number of hydrogen-bond acceptors (Lipinski definition) is 5. The fraction of sp³-hybridized carbons (Fsp3) is 0.379. The van der Waals surface area contributed by atoms with Crippen molar-refractivity contribution in [1.29, 1.82) is 0 Å². The summed E-state index contributed by atoms with van der Waals surface area (Å²) in [5.41, 5.74) is 3.55. The topological polar surface area (TPSA) is 64.7 Å². The molecule has 36 heavy (non-hydrogen) atoms. The second kappa shape index (κ2) is 11.7. The summed E-state index contributed by atoms with van der Waals surface area (Å²) in [5.74, 6) is -0.193. The van der Waals surface area contributed by atoms with Crippen LogP contribution in [0.1, 0.15) is 57.7 Å². The summed E-state index contributed by atoms with van der Waals surface area (Å²) >= 11 is 1.41. The third kappa shape index (κ3) is 6.15. The highest BCUT2D eigenvalue weighted by Gasteiger charge is 2.24. The largest absolute Gasteiger partial charge is 0.368 e. The summed E-state index contributed by atoms with van der Waals surface area (Å²) in [4.78, 5) is 31.5. The lowest BCUT2D eigenvalue weighted by atomic mass is 9.95. The Morgan fingerprint density at radius 1 is 0.861 bits per heavy atom. The first-order chi connectivity index (χ1) is 17.7. The Kier molecular flexibility index (Phi) is 7.98. The molecule has 2 aromatic carbocycles. The van der Waals surface area contributed by atoms with Crippen molar-refractivity contribution >= 4 is 34.5 Å². The molecule has 188 valence electrons. The van der Waals surface area contributed by atoms with Crippen LogP contribution < -0.4 is 15.5 Å². The molecule has 0 atom stereocenters. The average molecular weight is 503 g/mol. The van der Waals surface area contributed by atoms with Crippen molar-refractivity contribution in [3.8, 4) is 0 Å². The van der Waals surface area contributed by atoms with Gasteiger partial charge < -0.3 is 15.5 Å². The summed E-state index contributed by atoms with van der Waals surface area (Å²) in [7, 11) is 0.